The molecule has 1 heterocycles. The molecule has 0 spiro atoms. The molecule has 122 valence electrons. The van der Waals surface area contributed by atoms with E-state index < -0.39 is 0 Å². The highest BCUT2D eigenvalue weighted by Gasteiger charge is 2.38. The number of hydrogen-bond acceptors (Lipinski definition) is 2. The first-order valence-corrected chi connectivity index (χ1v) is 8.60. The van der Waals surface area contributed by atoms with Crippen LogP contribution in [0.1, 0.15) is 39.9 Å². The number of allylic oxidation sites excluding steroid dienone is 2. The smallest absolute Gasteiger partial charge is 0.251 e. The van der Waals surface area contributed by atoms with Crippen molar-refractivity contribution in [1.82, 2.24) is 5.32 Å². The molecule has 3 nitrogen and oxygen atoms in total. The Kier molecular flexibility index (Phi) is 3.81. The Hall–Kier alpha value is -2.26. The van der Waals surface area contributed by atoms with Gasteiger partial charge in [-0.15, -0.1) is 0 Å². The highest BCUT2D eigenvalue weighted by Crippen LogP contribution is 2.49. The SMILES string of the molecule is CNC(=O)c1ccc2c(c1)[C@@H]1C=CC[C@H]1[C@@H](c1ccc(Cl)cc1)N2. The molecule has 1 amide bonds. The van der Waals surface area contributed by atoms with Gasteiger partial charge in [-0.25, -0.2) is 0 Å². The monoisotopic (exact) mass is 338 g/mol. The highest BCUT2D eigenvalue weighted by atomic mass is 35.5. The third kappa shape index (κ3) is 2.49. The number of hydrogen-bond donors (Lipinski definition) is 2. The van der Waals surface area contributed by atoms with Crippen molar-refractivity contribution in [3.8, 4) is 0 Å². The van der Waals surface area contributed by atoms with Crippen LogP contribution < -0.4 is 10.6 Å². The van der Waals surface area contributed by atoms with Gasteiger partial charge in [0.2, 0.25) is 0 Å². The number of fused-ring (bicyclic) bond motifs is 3. The van der Waals surface area contributed by atoms with Crippen molar-refractivity contribution >= 4 is 23.2 Å². The molecule has 24 heavy (non-hydrogen) atoms. The summed E-state index contributed by atoms with van der Waals surface area (Å²) in [5.74, 6) is 0.751. The van der Waals surface area contributed by atoms with E-state index in [9.17, 15) is 4.79 Å². The van der Waals surface area contributed by atoms with Crippen LogP contribution in [0.2, 0.25) is 5.02 Å². The molecule has 1 aliphatic heterocycles. The second kappa shape index (κ2) is 5.99. The number of benzene rings is 2. The number of amides is 1. The molecular weight excluding hydrogens is 320 g/mol. The molecule has 2 aliphatic rings. The summed E-state index contributed by atoms with van der Waals surface area (Å²) in [6, 6.07) is 14.2. The van der Waals surface area contributed by atoms with E-state index >= 15 is 0 Å². The van der Waals surface area contributed by atoms with Crippen LogP contribution in [0.5, 0.6) is 0 Å². The van der Waals surface area contributed by atoms with E-state index in [0.717, 1.165) is 17.1 Å². The maximum Gasteiger partial charge on any atom is 0.251 e. The summed E-state index contributed by atoms with van der Waals surface area (Å²) in [6.07, 6.45) is 5.57. The number of nitrogens with one attached hydrogen (secondary N) is 2. The number of rotatable bonds is 2. The fourth-order valence-corrected chi connectivity index (χ4v) is 4.01. The van der Waals surface area contributed by atoms with Crippen molar-refractivity contribution in [1.29, 1.82) is 0 Å². The summed E-state index contributed by atoms with van der Waals surface area (Å²) >= 11 is 6.03. The Bertz CT molecular complexity index is 813. The second-order valence-corrected chi connectivity index (χ2v) is 6.84. The largest absolute Gasteiger partial charge is 0.378 e. The molecule has 4 rings (SSSR count). The zero-order valence-electron chi connectivity index (χ0n) is 13.4. The van der Waals surface area contributed by atoms with Gasteiger partial charge in [0.15, 0.2) is 0 Å². The number of carbonyl (C=O) groups is 1. The lowest BCUT2D eigenvalue weighted by atomic mass is 9.76. The summed E-state index contributed by atoms with van der Waals surface area (Å²) < 4.78 is 0. The van der Waals surface area contributed by atoms with Crippen LogP contribution in [0.25, 0.3) is 0 Å². The van der Waals surface area contributed by atoms with Gasteiger partial charge in [-0.05, 0) is 53.8 Å². The lowest BCUT2D eigenvalue weighted by Crippen LogP contribution is -2.29. The molecule has 4 heteroatoms. The Morgan fingerprint density at radius 2 is 2.00 bits per heavy atom. The van der Waals surface area contributed by atoms with E-state index in [1.807, 2.05) is 30.3 Å². The van der Waals surface area contributed by atoms with Crippen molar-refractivity contribution in [3.05, 3.63) is 76.3 Å². The van der Waals surface area contributed by atoms with Gasteiger partial charge in [-0.3, -0.25) is 4.79 Å². The van der Waals surface area contributed by atoms with Gasteiger partial charge in [-0.2, -0.15) is 0 Å². The Balaban J connectivity index is 1.74. The fourth-order valence-electron chi connectivity index (χ4n) is 3.88. The summed E-state index contributed by atoms with van der Waals surface area (Å²) in [7, 11) is 1.66. The van der Waals surface area contributed by atoms with Gasteiger partial charge in [0.25, 0.3) is 5.91 Å². The topological polar surface area (TPSA) is 41.1 Å². The predicted molar refractivity (Wildman–Crippen MR) is 97.6 cm³/mol. The Labute approximate surface area is 146 Å². The third-order valence-electron chi connectivity index (χ3n) is 5.08. The fraction of sp³-hybridized carbons (Fsp3) is 0.250. The normalized spacial score (nSPS) is 24.0. The van der Waals surface area contributed by atoms with E-state index in [0.29, 0.717) is 17.4 Å². The summed E-state index contributed by atoms with van der Waals surface area (Å²) in [4.78, 5) is 11.9. The predicted octanol–water partition coefficient (Wildman–Crippen LogP) is 4.53. The molecule has 1 aliphatic carbocycles. The van der Waals surface area contributed by atoms with E-state index in [-0.39, 0.29) is 11.9 Å². The van der Waals surface area contributed by atoms with Gasteiger partial charge in [0, 0.05) is 29.2 Å². The number of carbonyl (C=O) groups excluding carboxylic acids is 1. The van der Waals surface area contributed by atoms with Crippen molar-refractivity contribution in [3.63, 3.8) is 0 Å². The maximum absolute atomic E-state index is 11.9. The number of anilines is 1. The quantitative estimate of drug-likeness (QED) is 0.790. The molecule has 2 aromatic carbocycles. The van der Waals surface area contributed by atoms with Crippen LogP contribution in [0.15, 0.2) is 54.6 Å². The lowest BCUT2D eigenvalue weighted by molar-refractivity contribution is 0.0963. The maximum atomic E-state index is 11.9. The van der Waals surface area contributed by atoms with Gasteiger partial charge >= 0.3 is 0 Å². The average Bonchev–Trinajstić information content (AvgIpc) is 3.11. The van der Waals surface area contributed by atoms with Crippen LogP contribution >= 0.6 is 11.6 Å². The molecule has 3 atom stereocenters. The van der Waals surface area contributed by atoms with Crippen LogP contribution in [0.3, 0.4) is 0 Å². The van der Waals surface area contributed by atoms with E-state index in [4.69, 9.17) is 11.6 Å². The van der Waals surface area contributed by atoms with Gasteiger partial charge in [-0.1, -0.05) is 35.9 Å². The molecule has 2 N–H and O–H groups in total. The van der Waals surface area contributed by atoms with Crippen LogP contribution in [-0.4, -0.2) is 13.0 Å². The van der Waals surface area contributed by atoms with Crippen LogP contribution in [-0.2, 0) is 0 Å². The first-order valence-electron chi connectivity index (χ1n) is 8.22. The first kappa shape index (κ1) is 15.3. The van der Waals surface area contributed by atoms with E-state index in [1.165, 1.54) is 11.1 Å². The van der Waals surface area contributed by atoms with Crippen molar-refractivity contribution in [2.24, 2.45) is 5.92 Å². The summed E-state index contributed by atoms with van der Waals surface area (Å²) in [5.41, 5.74) is 4.27. The molecule has 0 fully saturated rings. The van der Waals surface area contributed by atoms with Gasteiger partial charge < -0.3 is 10.6 Å². The minimum atomic E-state index is -0.0452. The molecular formula is C20H19ClN2O. The van der Waals surface area contributed by atoms with Crippen molar-refractivity contribution in [2.75, 3.05) is 12.4 Å². The summed E-state index contributed by atoms with van der Waals surface area (Å²) in [6.45, 7) is 0. The van der Waals surface area contributed by atoms with Gasteiger partial charge in [0.1, 0.15) is 0 Å². The van der Waals surface area contributed by atoms with E-state index in [1.54, 1.807) is 7.05 Å². The second-order valence-electron chi connectivity index (χ2n) is 6.41. The first-order chi connectivity index (χ1) is 11.7. The van der Waals surface area contributed by atoms with Crippen LogP contribution in [0, 0.1) is 5.92 Å². The molecule has 0 radical (unpaired) electrons. The zero-order chi connectivity index (χ0) is 16.7. The molecule has 0 bridgehead atoms. The average molecular weight is 339 g/mol. The zero-order valence-corrected chi connectivity index (χ0v) is 14.2. The van der Waals surface area contributed by atoms with Crippen molar-refractivity contribution < 1.29 is 4.79 Å². The highest BCUT2D eigenvalue weighted by molar-refractivity contribution is 6.30. The Morgan fingerprint density at radius 1 is 1.21 bits per heavy atom. The standard InChI is InChI=1S/C20H19ClN2O/c1-22-20(24)13-7-10-18-17(11-13)15-3-2-4-16(15)19(23-18)12-5-8-14(21)9-6-12/h2-3,5-11,15-16,19,23H,4H2,1H3,(H,22,24)/t15-,16-,19-/m1/s1. The van der Waals surface area contributed by atoms with E-state index in [2.05, 4.69) is 34.9 Å². The third-order valence-corrected chi connectivity index (χ3v) is 5.33. The van der Waals surface area contributed by atoms with Crippen molar-refractivity contribution in [2.45, 2.75) is 18.4 Å². The molecule has 0 unspecified atom stereocenters. The number of halogens is 1. The minimum Gasteiger partial charge on any atom is -0.378 e. The van der Waals surface area contributed by atoms with Crippen LogP contribution in [0.4, 0.5) is 5.69 Å². The van der Waals surface area contributed by atoms with Gasteiger partial charge in [0.05, 0.1) is 6.04 Å². The Morgan fingerprint density at radius 3 is 2.75 bits per heavy atom. The molecule has 0 saturated carbocycles. The molecule has 0 aromatic heterocycles. The minimum absolute atomic E-state index is 0.0452. The lowest BCUT2D eigenvalue weighted by Gasteiger charge is -2.37. The molecule has 2 aromatic rings. The summed E-state index contributed by atoms with van der Waals surface area (Å²) in [5, 5.41) is 7.13. The molecule has 0 saturated heterocycles.